The van der Waals surface area contributed by atoms with Gasteiger partial charge in [-0.3, -0.25) is 9.59 Å². The van der Waals surface area contributed by atoms with Gasteiger partial charge in [0.15, 0.2) is 0 Å². The highest BCUT2D eigenvalue weighted by Gasteiger charge is 2.41. The Labute approximate surface area is 160 Å². The molecule has 3 rings (SSSR count). The van der Waals surface area contributed by atoms with Crippen molar-refractivity contribution < 1.29 is 22.8 Å². The summed E-state index contributed by atoms with van der Waals surface area (Å²) in [5.74, 6) is 0.258. The molecule has 148 valence electrons. The number of fused-ring (bicyclic) bond motifs is 2. The molecule has 1 amide bonds. The van der Waals surface area contributed by atoms with Crippen molar-refractivity contribution in [2.45, 2.75) is 38.3 Å². The van der Waals surface area contributed by atoms with Crippen molar-refractivity contribution in [3.05, 3.63) is 22.8 Å². The van der Waals surface area contributed by atoms with Gasteiger partial charge >= 0.3 is 6.18 Å². The quantitative estimate of drug-likeness (QED) is 0.736. The van der Waals surface area contributed by atoms with Crippen molar-refractivity contribution in [2.24, 2.45) is 17.8 Å². The summed E-state index contributed by atoms with van der Waals surface area (Å²) < 4.78 is 37.8. The van der Waals surface area contributed by atoms with Gasteiger partial charge in [0.2, 0.25) is 5.91 Å². The van der Waals surface area contributed by atoms with Gasteiger partial charge in [0.25, 0.3) is 0 Å². The van der Waals surface area contributed by atoms with Crippen LogP contribution in [0, 0.1) is 17.8 Å². The lowest BCUT2D eigenvalue weighted by Crippen LogP contribution is -2.43. The van der Waals surface area contributed by atoms with Crippen molar-refractivity contribution in [3.63, 3.8) is 0 Å². The molecule has 2 atom stereocenters. The van der Waals surface area contributed by atoms with Crippen molar-refractivity contribution in [3.8, 4) is 0 Å². The third-order valence-corrected chi connectivity index (χ3v) is 5.59. The summed E-state index contributed by atoms with van der Waals surface area (Å²) in [4.78, 5) is 28.1. The van der Waals surface area contributed by atoms with Gasteiger partial charge in [0, 0.05) is 37.0 Å². The number of amides is 1. The molecule has 0 aliphatic heterocycles. The van der Waals surface area contributed by atoms with E-state index in [9.17, 15) is 22.8 Å². The second-order valence-corrected chi connectivity index (χ2v) is 7.57. The molecule has 1 aromatic heterocycles. The van der Waals surface area contributed by atoms with Crippen LogP contribution in [0.25, 0.3) is 0 Å². The third kappa shape index (κ3) is 4.72. The van der Waals surface area contributed by atoms with Crippen molar-refractivity contribution in [1.82, 2.24) is 10.3 Å². The largest absolute Gasteiger partial charge is 0.417 e. The number of hydrogen-bond donors (Lipinski definition) is 2. The lowest BCUT2D eigenvalue weighted by molar-refractivity contribution is -0.138. The second kappa shape index (κ2) is 8.04. The van der Waals surface area contributed by atoms with Crippen LogP contribution in [0.1, 0.15) is 37.7 Å². The van der Waals surface area contributed by atoms with Crippen LogP contribution in [-0.4, -0.2) is 29.8 Å². The van der Waals surface area contributed by atoms with E-state index in [0.717, 1.165) is 25.3 Å². The molecular formula is C18H21ClF3N3O2. The van der Waals surface area contributed by atoms with Gasteiger partial charge in [0.1, 0.15) is 11.6 Å². The number of rotatable bonds is 5. The molecule has 0 aromatic carbocycles. The number of nitrogens with zero attached hydrogens (tertiary/aromatic N) is 1. The first kappa shape index (κ1) is 19.9. The zero-order valence-electron chi connectivity index (χ0n) is 14.6. The summed E-state index contributed by atoms with van der Waals surface area (Å²) in [7, 11) is 0. The third-order valence-electron chi connectivity index (χ3n) is 5.30. The average molecular weight is 404 g/mol. The van der Waals surface area contributed by atoms with E-state index in [-0.39, 0.29) is 47.6 Å². The molecule has 27 heavy (non-hydrogen) atoms. The fraction of sp³-hybridized carbons (Fsp3) is 0.611. The first-order valence-electron chi connectivity index (χ1n) is 9.03. The highest BCUT2D eigenvalue weighted by atomic mass is 35.5. The zero-order chi connectivity index (χ0) is 19.6. The van der Waals surface area contributed by atoms with Gasteiger partial charge in [-0.25, -0.2) is 4.98 Å². The zero-order valence-corrected chi connectivity index (χ0v) is 15.4. The van der Waals surface area contributed by atoms with E-state index < -0.39 is 11.7 Å². The summed E-state index contributed by atoms with van der Waals surface area (Å²) in [5.41, 5.74) is -0.913. The molecule has 9 heteroatoms. The Bertz CT molecular complexity index is 710. The highest BCUT2D eigenvalue weighted by Crippen LogP contribution is 2.40. The molecule has 2 aliphatic carbocycles. The number of carbonyl (C=O) groups excluding carboxylic acids is 2. The predicted octanol–water partition coefficient (Wildman–Crippen LogP) is 3.68. The SMILES string of the molecule is O=C(NCCNc1ncc(C(F)(F)F)cc1Cl)C1CC2CCCC(C1)C2=O. The first-order chi connectivity index (χ1) is 12.8. The number of hydrogen-bond acceptors (Lipinski definition) is 4. The van der Waals surface area contributed by atoms with Crippen LogP contribution < -0.4 is 10.6 Å². The van der Waals surface area contributed by atoms with Crippen LogP contribution in [0.5, 0.6) is 0 Å². The van der Waals surface area contributed by atoms with E-state index in [1.165, 1.54) is 0 Å². The summed E-state index contributed by atoms with van der Waals surface area (Å²) in [5, 5.41) is 5.51. The number of pyridine rings is 1. The maximum absolute atomic E-state index is 12.6. The van der Waals surface area contributed by atoms with Gasteiger partial charge < -0.3 is 10.6 Å². The molecule has 2 saturated carbocycles. The number of aromatic nitrogens is 1. The lowest BCUT2D eigenvalue weighted by Gasteiger charge is -2.36. The minimum absolute atomic E-state index is 0.0153. The Morgan fingerprint density at radius 3 is 2.48 bits per heavy atom. The smallest absolute Gasteiger partial charge is 0.367 e. The lowest BCUT2D eigenvalue weighted by atomic mass is 9.67. The van der Waals surface area contributed by atoms with Crippen LogP contribution in [0.15, 0.2) is 12.3 Å². The Morgan fingerprint density at radius 1 is 1.22 bits per heavy atom. The monoisotopic (exact) mass is 403 g/mol. The van der Waals surface area contributed by atoms with E-state index in [4.69, 9.17) is 11.6 Å². The molecule has 0 saturated heterocycles. The Kier molecular flexibility index (Phi) is 5.93. The summed E-state index contributed by atoms with van der Waals surface area (Å²) in [6, 6.07) is 0.813. The number of anilines is 1. The van der Waals surface area contributed by atoms with Crippen LogP contribution >= 0.6 is 11.6 Å². The molecule has 2 unspecified atom stereocenters. The van der Waals surface area contributed by atoms with Gasteiger partial charge in [-0.05, 0) is 31.7 Å². The minimum Gasteiger partial charge on any atom is -0.367 e. The van der Waals surface area contributed by atoms with Crippen LogP contribution in [0.4, 0.5) is 19.0 Å². The van der Waals surface area contributed by atoms with E-state index in [1.807, 2.05) is 0 Å². The maximum atomic E-state index is 12.6. The molecule has 2 N–H and O–H groups in total. The maximum Gasteiger partial charge on any atom is 0.417 e. The van der Waals surface area contributed by atoms with Gasteiger partial charge in [-0.15, -0.1) is 0 Å². The molecular weight excluding hydrogens is 383 g/mol. The van der Waals surface area contributed by atoms with Crippen LogP contribution in [-0.2, 0) is 15.8 Å². The van der Waals surface area contributed by atoms with E-state index in [2.05, 4.69) is 15.6 Å². The van der Waals surface area contributed by atoms with E-state index in [0.29, 0.717) is 24.8 Å². The van der Waals surface area contributed by atoms with Crippen molar-refractivity contribution in [1.29, 1.82) is 0 Å². The fourth-order valence-electron chi connectivity index (χ4n) is 3.93. The normalized spacial score (nSPS) is 25.2. The van der Waals surface area contributed by atoms with E-state index in [1.54, 1.807) is 0 Å². The fourth-order valence-corrected chi connectivity index (χ4v) is 4.16. The number of nitrogens with one attached hydrogen (secondary N) is 2. The number of halogens is 4. The van der Waals surface area contributed by atoms with Gasteiger partial charge in [-0.1, -0.05) is 18.0 Å². The second-order valence-electron chi connectivity index (χ2n) is 7.17. The number of alkyl halides is 3. The summed E-state index contributed by atoms with van der Waals surface area (Å²) in [6.07, 6.45) is 0.243. The number of carbonyl (C=O) groups is 2. The topological polar surface area (TPSA) is 71.1 Å². The molecule has 0 spiro atoms. The number of ketones is 1. The molecule has 2 bridgehead atoms. The molecule has 5 nitrogen and oxygen atoms in total. The Morgan fingerprint density at radius 2 is 1.89 bits per heavy atom. The minimum atomic E-state index is -4.50. The van der Waals surface area contributed by atoms with Crippen molar-refractivity contribution >= 4 is 29.1 Å². The molecule has 1 heterocycles. The summed E-state index contributed by atoms with van der Waals surface area (Å²) in [6.45, 7) is 0.569. The average Bonchev–Trinajstić information content (AvgIpc) is 2.58. The van der Waals surface area contributed by atoms with Gasteiger partial charge in [-0.2, -0.15) is 13.2 Å². The van der Waals surface area contributed by atoms with Gasteiger partial charge in [0.05, 0.1) is 10.6 Å². The number of Topliss-reactive ketones (excluding diaryl/α,β-unsaturated/α-hetero) is 1. The first-order valence-corrected chi connectivity index (χ1v) is 9.41. The Balaban J connectivity index is 1.45. The molecule has 0 radical (unpaired) electrons. The van der Waals surface area contributed by atoms with E-state index >= 15 is 0 Å². The molecule has 1 aromatic rings. The molecule has 2 fully saturated rings. The van der Waals surface area contributed by atoms with Crippen LogP contribution in [0.3, 0.4) is 0 Å². The van der Waals surface area contributed by atoms with Crippen LogP contribution in [0.2, 0.25) is 5.02 Å². The Hall–Kier alpha value is -1.83. The van der Waals surface area contributed by atoms with Crippen molar-refractivity contribution in [2.75, 3.05) is 18.4 Å². The highest BCUT2D eigenvalue weighted by molar-refractivity contribution is 6.32. The standard InChI is InChI=1S/C18H21ClF3N3O2/c19-14-8-13(18(20,21)22)9-25-16(14)23-4-5-24-17(27)12-6-10-2-1-3-11(7-12)15(10)26/h8-12H,1-7H2,(H,23,25)(H,24,27). The summed E-state index contributed by atoms with van der Waals surface area (Å²) >= 11 is 5.82. The predicted molar refractivity (Wildman–Crippen MR) is 94.3 cm³/mol. The molecule has 2 aliphatic rings.